The molecule has 3 rings (SSSR count). The van der Waals surface area contributed by atoms with Gasteiger partial charge in [0.1, 0.15) is 17.7 Å². The van der Waals surface area contributed by atoms with E-state index >= 15 is 0 Å². The normalized spacial score (nSPS) is 14.9. The number of hydrogen-bond acceptors (Lipinski definition) is 6. The zero-order valence-electron chi connectivity index (χ0n) is 22.2. The number of para-hydroxylation sites is 1. The highest BCUT2D eigenvalue weighted by atomic mass is 32.2. The molecule has 2 aromatic carbocycles. The molecule has 37 heavy (non-hydrogen) atoms. The van der Waals surface area contributed by atoms with Gasteiger partial charge in [0.05, 0.1) is 12.1 Å². The van der Waals surface area contributed by atoms with Crippen molar-refractivity contribution in [3.8, 4) is 0 Å². The molecule has 200 valence electrons. The van der Waals surface area contributed by atoms with E-state index in [0.717, 1.165) is 42.8 Å². The predicted molar refractivity (Wildman–Crippen MR) is 147 cm³/mol. The Morgan fingerprint density at radius 2 is 1.68 bits per heavy atom. The van der Waals surface area contributed by atoms with Crippen LogP contribution < -0.4 is 10.6 Å². The highest BCUT2D eigenvalue weighted by Crippen LogP contribution is 2.30. The fourth-order valence-electron chi connectivity index (χ4n) is 4.00. The highest BCUT2D eigenvalue weighted by Gasteiger charge is 2.29. The topological polar surface area (TPSA) is 93.7 Å². The van der Waals surface area contributed by atoms with E-state index in [1.54, 1.807) is 38.6 Å². The van der Waals surface area contributed by atoms with Crippen molar-refractivity contribution >= 4 is 35.4 Å². The first-order valence-corrected chi connectivity index (χ1v) is 13.8. The largest absolute Gasteiger partial charge is 0.462 e. The number of aryl methyl sites for hydroxylation is 1. The molecule has 0 saturated heterocycles. The van der Waals surface area contributed by atoms with Gasteiger partial charge in [0, 0.05) is 10.6 Å². The SMILES string of the molecule is Cc1ccc(CSc2ccccc2NC(=O)[C@H](CC(=O)OC2CCCCC2)NC(=O)OC(C)(C)C)cc1. The molecule has 1 aliphatic carbocycles. The Morgan fingerprint density at radius 3 is 2.35 bits per heavy atom. The molecule has 0 spiro atoms. The van der Waals surface area contributed by atoms with Gasteiger partial charge in [-0.2, -0.15) is 0 Å². The minimum Gasteiger partial charge on any atom is -0.462 e. The van der Waals surface area contributed by atoms with Crippen LogP contribution in [0.4, 0.5) is 10.5 Å². The van der Waals surface area contributed by atoms with Gasteiger partial charge in [-0.25, -0.2) is 4.79 Å². The zero-order chi connectivity index (χ0) is 26.8. The number of carbonyl (C=O) groups is 3. The number of anilines is 1. The number of alkyl carbamates (subject to hydrolysis) is 1. The summed E-state index contributed by atoms with van der Waals surface area (Å²) >= 11 is 1.60. The number of benzene rings is 2. The summed E-state index contributed by atoms with van der Waals surface area (Å²) in [5.41, 5.74) is 2.24. The van der Waals surface area contributed by atoms with Crippen LogP contribution in [-0.4, -0.2) is 35.7 Å². The summed E-state index contributed by atoms with van der Waals surface area (Å²) < 4.78 is 10.9. The summed E-state index contributed by atoms with van der Waals surface area (Å²) in [6, 6.07) is 14.7. The van der Waals surface area contributed by atoms with Crippen LogP contribution in [0, 0.1) is 6.92 Å². The van der Waals surface area contributed by atoms with Crippen LogP contribution in [0.1, 0.15) is 70.4 Å². The molecule has 2 N–H and O–H groups in total. The summed E-state index contributed by atoms with van der Waals surface area (Å²) in [7, 11) is 0. The van der Waals surface area contributed by atoms with Crippen LogP contribution in [-0.2, 0) is 24.8 Å². The molecule has 0 heterocycles. The number of amides is 2. The average Bonchev–Trinajstić information content (AvgIpc) is 2.83. The van der Waals surface area contributed by atoms with E-state index in [2.05, 4.69) is 41.8 Å². The molecule has 0 radical (unpaired) electrons. The third kappa shape index (κ3) is 10.1. The van der Waals surface area contributed by atoms with Gasteiger partial charge in [0.2, 0.25) is 5.91 Å². The van der Waals surface area contributed by atoms with E-state index in [-0.39, 0.29) is 12.5 Å². The molecular formula is C29H38N2O5S. The number of rotatable bonds is 9. The summed E-state index contributed by atoms with van der Waals surface area (Å²) in [5.74, 6) is -0.277. The van der Waals surface area contributed by atoms with Gasteiger partial charge in [-0.1, -0.05) is 48.4 Å². The molecule has 2 amide bonds. The van der Waals surface area contributed by atoms with E-state index in [9.17, 15) is 14.4 Å². The second kappa shape index (κ2) is 13.5. The second-order valence-corrected chi connectivity index (χ2v) is 11.4. The fraction of sp³-hybridized carbons (Fsp3) is 0.483. The minimum absolute atomic E-state index is 0.134. The number of ether oxygens (including phenoxy) is 2. The van der Waals surface area contributed by atoms with Crippen LogP contribution in [0.2, 0.25) is 0 Å². The maximum Gasteiger partial charge on any atom is 0.408 e. The quantitative estimate of drug-likeness (QED) is 0.291. The first-order chi connectivity index (χ1) is 17.6. The third-order valence-electron chi connectivity index (χ3n) is 5.89. The van der Waals surface area contributed by atoms with E-state index < -0.39 is 29.6 Å². The molecule has 1 saturated carbocycles. The monoisotopic (exact) mass is 526 g/mol. The van der Waals surface area contributed by atoms with Crippen LogP contribution in [0.5, 0.6) is 0 Å². The molecule has 0 unspecified atom stereocenters. The molecular weight excluding hydrogens is 488 g/mol. The zero-order valence-corrected chi connectivity index (χ0v) is 23.0. The Hall–Kier alpha value is -3.00. The molecule has 7 nitrogen and oxygen atoms in total. The molecule has 0 aliphatic heterocycles. The molecule has 2 aromatic rings. The second-order valence-electron chi connectivity index (χ2n) is 10.4. The van der Waals surface area contributed by atoms with Gasteiger partial charge in [-0.15, -0.1) is 11.8 Å². The Morgan fingerprint density at radius 1 is 1.00 bits per heavy atom. The standard InChI is InChI=1S/C29H38N2O5S/c1-20-14-16-21(17-15-20)19-37-25-13-9-8-12-23(25)30-27(33)24(31-28(34)36-29(2,3)4)18-26(32)35-22-10-6-5-7-11-22/h8-9,12-17,22,24H,5-7,10-11,18-19H2,1-4H3,(H,30,33)(H,31,34)/t24-/m0/s1. The van der Waals surface area contributed by atoms with Gasteiger partial charge < -0.3 is 20.1 Å². The van der Waals surface area contributed by atoms with Gasteiger partial charge in [-0.3, -0.25) is 9.59 Å². The lowest BCUT2D eigenvalue weighted by molar-refractivity contribution is -0.152. The third-order valence-corrected chi connectivity index (χ3v) is 7.03. The Kier molecular flexibility index (Phi) is 10.4. The summed E-state index contributed by atoms with van der Waals surface area (Å²) in [5, 5.41) is 5.46. The van der Waals surface area contributed by atoms with Gasteiger partial charge >= 0.3 is 12.1 Å². The van der Waals surface area contributed by atoms with Gasteiger partial charge in [0.25, 0.3) is 0 Å². The molecule has 1 atom stereocenters. The van der Waals surface area contributed by atoms with E-state index in [1.807, 2.05) is 18.2 Å². The maximum absolute atomic E-state index is 13.3. The molecule has 1 fully saturated rings. The van der Waals surface area contributed by atoms with Crippen molar-refractivity contribution in [1.82, 2.24) is 5.32 Å². The molecule has 0 aromatic heterocycles. The lowest BCUT2D eigenvalue weighted by atomic mass is 9.98. The van der Waals surface area contributed by atoms with Crippen LogP contribution in [0.15, 0.2) is 53.4 Å². The Labute approximate surface area is 224 Å². The first kappa shape index (κ1) is 28.6. The van der Waals surface area contributed by atoms with Crippen LogP contribution in [0.3, 0.4) is 0 Å². The maximum atomic E-state index is 13.3. The first-order valence-electron chi connectivity index (χ1n) is 12.9. The predicted octanol–water partition coefficient (Wildman–Crippen LogP) is 6.39. The molecule has 0 bridgehead atoms. The summed E-state index contributed by atoms with van der Waals surface area (Å²) in [6.07, 6.45) is 3.66. The lowest BCUT2D eigenvalue weighted by Gasteiger charge is -2.25. The van der Waals surface area contributed by atoms with Crippen molar-refractivity contribution in [2.45, 2.75) is 94.6 Å². The van der Waals surface area contributed by atoms with Gasteiger partial charge in [-0.05, 0) is 71.1 Å². The number of hydrogen-bond donors (Lipinski definition) is 2. The minimum atomic E-state index is -1.14. The van der Waals surface area contributed by atoms with Crippen molar-refractivity contribution in [3.05, 3.63) is 59.7 Å². The summed E-state index contributed by atoms with van der Waals surface area (Å²) in [6.45, 7) is 7.26. The molecule has 8 heteroatoms. The fourth-order valence-corrected chi connectivity index (χ4v) is 4.97. The van der Waals surface area contributed by atoms with E-state index in [4.69, 9.17) is 9.47 Å². The Bertz CT molecular complexity index is 1060. The van der Waals surface area contributed by atoms with Crippen molar-refractivity contribution in [3.63, 3.8) is 0 Å². The van der Waals surface area contributed by atoms with Crippen molar-refractivity contribution in [1.29, 1.82) is 0 Å². The van der Waals surface area contributed by atoms with Crippen molar-refractivity contribution in [2.75, 3.05) is 5.32 Å². The average molecular weight is 527 g/mol. The van der Waals surface area contributed by atoms with E-state index in [1.165, 1.54) is 11.1 Å². The smallest absolute Gasteiger partial charge is 0.408 e. The summed E-state index contributed by atoms with van der Waals surface area (Å²) in [4.78, 5) is 39.4. The van der Waals surface area contributed by atoms with E-state index in [0.29, 0.717) is 5.69 Å². The van der Waals surface area contributed by atoms with Gasteiger partial charge in [0.15, 0.2) is 0 Å². The highest BCUT2D eigenvalue weighted by molar-refractivity contribution is 7.98. The van der Waals surface area contributed by atoms with Crippen LogP contribution >= 0.6 is 11.8 Å². The number of thioether (sulfide) groups is 1. The number of nitrogens with one attached hydrogen (secondary N) is 2. The number of esters is 1. The lowest BCUT2D eigenvalue weighted by Crippen LogP contribution is -2.47. The van der Waals surface area contributed by atoms with Crippen molar-refractivity contribution in [2.24, 2.45) is 0 Å². The molecule has 1 aliphatic rings. The van der Waals surface area contributed by atoms with Crippen molar-refractivity contribution < 1.29 is 23.9 Å². The van der Waals surface area contributed by atoms with Crippen LogP contribution in [0.25, 0.3) is 0 Å². The number of carbonyl (C=O) groups excluding carboxylic acids is 3. The Balaban J connectivity index is 1.68.